The van der Waals surface area contributed by atoms with Crippen molar-refractivity contribution in [1.82, 2.24) is 0 Å². The minimum atomic E-state index is -0.0787. The van der Waals surface area contributed by atoms with Crippen molar-refractivity contribution in [2.24, 2.45) is 23.2 Å². The fourth-order valence-corrected chi connectivity index (χ4v) is 4.98. The van der Waals surface area contributed by atoms with Crippen molar-refractivity contribution in [3.05, 3.63) is 24.2 Å². The molecule has 1 N–H and O–H groups in total. The first-order valence-electron chi connectivity index (χ1n) is 8.39. The molecule has 2 aliphatic carbocycles. The van der Waals surface area contributed by atoms with Crippen molar-refractivity contribution in [1.29, 1.82) is 0 Å². The minimum absolute atomic E-state index is 0.0787. The second-order valence-corrected chi connectivity index (χ2v) is 7.33. The molecule has 1 heterocycles. The number of rotatable bonds is 5. The average Bonchev–Trinajstić information content (AvgIpc) is 3.06. The Morgan fingerprint density at radius 1 is 1.43 bits per heavy atom. The Kier molecular flexibility index (Phi) is 4.41. The van der Waals surface area contributed by atoms with Gasteiger partial charge in [0.05, 0.1) is 19.0 Å². The lowest BCUT2D eigenvalue weighted by atomic mass is 9.62. The number of furan rings is 1. The molecular weight excluding hydrogens is 264 g/mol. The molecule has 0 saturated heterocycles. The van der Waals surface area contributed by atoms with Crippen LogP contribution in [0.2, 0.25) is 0 Å². The number of aliphatic hydroxyl groups excluding tert-OH is 1. The highest BCUT2D eigenvalue weighted by molar-refractivity contribution is 5.01. The van der Waals surface area contributed by atoms with Crippen LogP contribution in [0.3, 0.4) is 0 Å². The Balaban J connectivity index is 1.56. The highest BCUT2D eigenvalue weighted by Gasteiger charge is 2.52. The molecule has 2 aliphatic rings. The van der Waals surface area contributed by atoms with Crippen LogP contribution >= 0.6 is 0 Å². The third-order valence-corrected chi connectivity index (χ3v) is 6.05. The lowest BCUT2D eigenvalue weighted by molar-refractivity contribution is -0.0395. The standard InChI is InChI=1S/C18H28O3/c1-13(11-20-12-14-5-4-10-21-14)15-7-8-16-17(19)6-3-9-18(15,16)2/h4-5,10,13,15-17,19H,3,6-9,11-12H2,1-2H3/t13-,15-,16+,17+,18-/m1/s1. The topological polar surface area (TPSA) is 42.6 Å². The third kappa shape index (κ3) is 2.91. The maximum Gasteiger partial charge on any atom is 0.129 e. The van der Waals surface area contributed by atoms with E-state index in [9.17, 15) is 5.11 Å². The SMILES string of the molecule is C[C@H](COCc1ccco1)[C@H]1CC[C@H]2[C@@H](O)CCC[C@]12C. The van der Waals surface area contributed by atoms with E-state index in [1.54, 1.807) is 6.26 Å². The molecule has 0 aliphatic heterocycles. The second-order valence-electron chi connectivity index (χ2n) is 7.33. The van der Waals surface area contributed by atoms with E-state index in [1.165, 1.54) is 25.7 Å². The van der Waals surface area contributed by atoms with Crippen molar-refractivity contribution in [3.8, 4) is 0 Å². The summed E-state index contributed by atoms with van der Waals surface area (Å²) in [5.41, 5.74) is 0.311. The molecule has 0 bridgehead atoms. The zero-order valence-corrected chi connectivity index (χ0v) is 13.3. The second kappa shape index (κ2) is 6.13. The van der Waals surface area contributed by atoms with Gasteiger partial charge >= 0.3 is 0 Å². The maximum absolute atomic E-state index is 10.3. The van der Waals surface area contributed by atoms with Crippen LogP contribution in [0.15, 0.2) is 22.8 Å². The molecule has 0 aromatic carbocycles. The maximum atomic E-state index is 10.3. The van der Waals surface area contributed by atoms with E-state index in [4.69, 9.17) is 9.15 Å². The van der Waals surface area contributed by atoms with Gasteiger partial charge in [0, 0.05) is 0 Å². The van der Waals surface area contributed by atoms with Crippen LogP contribution in [0.25, 0.3) is 0 Å². The Morgan fingerprint density at radius 3 is 3.05 bits per heavy atom. The molecule has 0 amide bonds. The predicted molar refractivity (Wildman–Crippen MR) is 81.7 cm³/mol. The lowest BCUT2D eigenvalue weighted by Crippen LogP contribution is -2.42. The van der Waals surface area contributed by atoms with Gasteiger partial charge in [-0.1, -0.05) is 20.3 Å². The van der Waals surface area contributed by atoms with Gasteiger partial charge in [-0.05, 0) is 61.0 Å². The van der Waals surface area contributed by atoms with Gasteiger partial charge in [0.25, 0.3) is 0 Å². The van der Waals surface area contributed by atoms with Gasteiger partial charge in [-0.15, -0.1) is 0 Å². The molecule has 0 spiro atoms. The van der Waals surface area contributed by atoms with Crippen LogP contribution in [-0.2, 0) is 11.3 Å². The highest BCUT2D eigenvalue weighted by Crippen LogP contribution is 2.57. The summed E-state index contributed by atoms with van der Waals surface area (Å²) in [6.07, 6.45) is 7.47. The molecule has 0 unspecified atom stereocenters. The van der Waals surface area contributed by atoms with E-state index in [1.807, 2.05) is 12.1 Å². The van der Waals surface area contributed by atoms with Gasteiger partial charge in [0.1, 0.15) is 12.4 Å². The first-order valence-corrected chi connectivity index (χ1v) is 8.39. The summed E-state index contributed by atoms with van der Waals surface area (Å²) in [7, 11) is 0. The highest BCUT2D eigenvalue weighted by atomic mass is 16.5. The van der Waals surface area contributed by atoms with Crippen LogP contribution in [0.1, 0.15) is 51.7 Å². The number of ether oxygens (including phenoxy) is 1. The molecule has 21 heavy (non-hydrogen) atoms. The van der Waals surface area contributed by atoms with Crippen molar-refractivity contribution in [2.75, 3.05) is 6.61 Å². The summed E-state index contributed by atoms with van der Waals surface area (Å²) in [5.74, 6) is 2.61. The van der Waals surface area contributed by atoms with Crippen molar-refractivity contribution in [2.45, 2.75) is 58.7 Å². The number of hydrogen-bond acceptors (Lipinski definition) is 3. The summed E-state index contributed by atoms with van der Waals surface area (Å²) in [6, 6.07) is 3.85. The molecule has 3 nitrogen and oxygen atoms in total. The Morgan fingerprint density at radius 2 is 2.29 bits per heavy atom. The van der Waals surface area contributed by atoms with Crippen LogP contribution in [-0.4, -0.2) is 17.8 Å². The molecule has 5 atom stereocenters. The van der Waals surface area contributed by atoms with Crippen molar-refractivity contribution >= 4 is 0 Å². The summed E-state index contributed by atoms with van der Waals surface area (Å²) < 4.78 is 11.2. The summed E-state index contributed by atoms with van der Waals surface area (Å²) in [5, 5.41) is 10.3. The van der Waals surface area contributed by atoms with Gasteiger partial charge in [0.2, 0.25) is 0 Å². The van der Waals surface area contributed by atoms with Gasteiger partial charge < -0.3 is 14.3 Å². The van der Waals surface area contributed by atoms with E-state index in [2.05, 4.69) is 13.8 Å². The van der Waals surface area contributed by atoms with Crippen LogP contribution in [0, 0.1) is 23.2 Å². The zero-order chi connectivity index (χ0) is 14.9. The quantitative estimate of drug-likeness (QED) is 0.891. The molecule has 118 valence electrons. The summed E-state index contributed by atoms with van der Waals surface area (Å²) in [4.78, 5) is 0. The fraction of sp³-hybridized carbons (Fsp3) is 0.778. The van der Waals surface area contributed by atoms with E-state index in [0.717, 1.165) is 18.8 Å². The van der Waals surface area contributed by atoms with Gasteiger partial charge in [-0.2, -0.15) is 0 Å². The lowest BCUT2D eigenvalue weighted by Gasteiger charge is -2.45. The third-order valence-electron chi connectivity index (χ3n) is 6.05. The van der Waals surface area contributed by atoms with E-state index >= 15 is 0 Å². The smallest absolute Gasteiger partial charge is 0.129 e. The number of fused-ring (bicyclic) bond motifs is 1. The molecule has 0 radical (unpaired) electrons. The monoisotopic (exact) mass is 292 g/mol. The van der Waals surface area contributed by atoms with Crippen LogP contribution < -0.4 is 0 Å². The molecular formula is C18H28O3. The van der Waals surface area contributed by atoms with Crippen LogP contribution in [0.4, 0.5) is 0 Å². The van der Waals surface area contributed by atoms with Crippen molar-refractivity contribution in [3.63, 3.8) is 0 Å². The molecule has 2 fully saturated rings. The molecule has 2 saturated carbocycles. The van der Waals surface area contributed by atoms with Crippen molar-refractivity contribution < 1.29 is 14.3 Å². The summed E-state index contributed by atoms with van der Waals surface area (Å²) >= 11 is 0. The van der Waals surface area contributed by atoms with E-state index in [-0.39, 0.29) is 6.10 Å². The Hall–Kier alpha value is -0.800. The van der Waals surface area contributed by atoms with Gasteiger partial charge in [-0.3, -0.25) is 0 Å². The Labute approximate surface area is 127 Å². The van der Waals surface area contributed by atoms with E-state index in [0.29, 0.717) is 29.8 Å². The summed E-state index contributed by atoms with van der Waals surface area (Å²) in [6.45, 7) is 6.05. The molecule has 3 heteroatoms. The average molecular weight is 292 g/mol. The largest absolute Gasteiger partial charge is 0.467 e. The normalized spacial score (nSPS) is 37.4. The Bertz CT molecular complexity index is 441. The van der Waals surface area contributed by atoms with Gasteiger partial charge in [0.15, 0.2) is 0 Å². The first kappa shape index (κ1) is 15.1. The minimum Gasteiger partial charge on any atom is -0.467 e. The number of aliphatic hydroxyl groups is 1. The molecule has 1 aromatic rings. The first-order chi connectivity index (χ1) is 10.1. The number of hydrogen-bond donors (Lipinski definition) is 1. The van der Waals surface area contributed by atoms with E-state index < -0.39 is 0 Å². The fourth-order valence-electron chi connectivity index (χ4n) is 4.98. The molecule has 3 rings (SSSR count). The molecule has 1 aromatic heterocycles. The zero-order valence-electron chi connectivity index (χ0n) is 13.3. The predicted octanol–water partition coefficient (Wildman–Crippen LogP) is 4.01. The van der Waals surface area contributed by atoms with Gasteiger partial charge in [-0.25, -0.2) is 0 Å². The van der Waals surface area contributed by atoms with Crippen LogP contribution in [0.5, 0.6) is 0 Å².